The number of allylic oxidation sites excluding steroid dienone is 18. The van der Waals surface area contributed by atoms with E-state index < -0.39 is 6.10 Å². The van der Waals surface area contributed by atoms with Crippen LogP contribution in [0.25, 0.3) is 0 Å². The van der Waals surface area contributed by atoms with E-state index in [0.717, 1.165) is 83.5 Å². The molecule has 0 saturated heterocycles. The lowest BCUT2D eigenvalue weighted by Crippen LogP contribution is -2.30. The maximum atomic E-state index is 12.8. The number of ether oxygens (including phenoxy) is 3. The van der Waals surface area contributed by atoms with Gasteiger partial charge in [-0.3, -0.25) is 14.4 Å². The van der Waals surface area contributed by atoms with Crippen molar-refractivity contribution in [3.8, 4) is 0 Å². The van der Waals surface area contributed by atoms with Gasteiger partial charge in [0.1, 0.15) is 13.2 Å². The van der Waals surface area contributed by atoms with Crippen LogP contribution in [-0.4, -0.2) is 37.2 Å². The molecular formula is C55H88O6. The maximum absolute atomic E-state index is 12.8. The van der Waals surface area contributed by atoms with Crippen LogP contribution < -0.4 is 0 Å². The van der Waals surface area contributed by atoms with Gasteiger partial charge in [-0.15, -0.1) is 0 Å². The zero-order valence-electron chi connectivity index (χ0n) is 39.1. The predicted molar refractivity (Wildman–Crippen MR) is 260 cm³/mol. The summed E-state index contributed by atoms with van der Waals surface area (Å²) < 4.78 is 16.7. The van der Waals surface area contributed by atoms with Crippen molar-refractivity contribution in [3.63, 3.8) is 0 Å². The molecule has 0 saturated carbocycles. The van der Waals surface area contributed by atoms with Gasteiger partial charge in [0.2, 0.25) is 0 Å². The van der Waals surface area contributed by atoms with Gasteiger partial charge in [0.25, 0.3) is 0 Å². The fourth-order valence-corrected chi connectivity index (χ4v) is 6.35. The Bertz CT molecular complexity index is 1290. The van der Waals surface area contributed by atoms with Crippen LogP contribution >= 0.6 is 0 Å². The Morgan fingerprint density at radius 3 is 1.00 bits per heavy atom. The molecule has 0 aromatic heterocycles. The first-order valence-electron chi connectivity index (χ1n) is 24.5. The standard InChI is InChI=1S/C55H88O6/c1-4-7-10-13-16-19-22-25-27-30-33-36-39-42-45-48-54(57)60-51-52(50-59-53(56)47-44-41-38-35-32-29-24-21-18-15-12-9-6-3)61-55(58)49-46-43-40-37-34-31-28-26-23-20-17-14-11-8-5-2/h7,9-10,12-13,15-16,18-19,21-22,24-25,27,29-30,32-33,52H,4-6,8,11,14,17,20,23,26,28,31,34-51H2,1-3H3/b10-7+,12-9+,16-13+,18-15+,22-19+,24-21+,27-25+,32-29+,33-30+. The lowest BCUT2D eigenvalue weighted by molar-refractivity contribution is -0.167. The molecule has 0 radical (unpaired) electrons. The van der Waals surface area contributed by atoms with E-state index in [2.05, 4.69) is 45.1 Å². The van der Waals surface area contributed by atoms with Crippen LogP contribution in [0.4, 0.5) is 0 Å². The zero-order chi connectivity index (χ0) is 44.4. The van der Waals surface area contributed by atoms with E-state index in [1.54, 1.807) is 0 Å². The van der Waals surface area contributed by atoms with E-state index in [0.29, 0.717) is 19.3 Å². The molecule has 0 bridgehead atoms. The Morgan fingerprint density at radius 2 is 0.639 bits per heavy atom. The maximum Gasteiger partial charge on any atom is 0.306 e. The molecule has 0 aliphatic heterocycles. The fraction of sp³-hybridized carbons (Fsp3) is 0.618. The highest BCUT2D eigenvalue weighted by molar-refractivity contribution is 5.71. The second-order valence-corrected chi connectivity index (χ2v) is 15.8. The molecule has 0 amide bonds. The first-order chi connectivity index (χ1) is 30.0. The number of carbonyl (C=O) groups is 3. The van der Waals surface area contributed by atoms with E-state index in [1.807, 2.05) is 85.1 Å². The molecule has 0 aliphatic rings. The minimum absolute atomic E-state index is 0.113. The Hall–Kier alpha value is -3.93. The van der Waals surface area contributed by atoms with Crippen LogP contribution in [0.1, 0.15) is 201 Å². The van der Waals surface area contributed by atoms with Gasteiger partial charge in [0, 0.05) is 19.3 Å². The summed E-state index contributed by atoms with van der Waals surface area (Å²) in [6.45, 7) is 6.27. The molecule has 0 fully saturated rings. The lowest BCUT2D eigenvalue weighted by atomic mass is 10.0. The summed E-state index contributed by atoms with van der Waals surface area (Å²) in [6, 6.07) is 0. The van der Waals surface area contributed by atoms with E-state index in [4.69, 9.17) is 14.2 Å². The van der Waals surface area contributed by atoms with Crippen molar-refractivity contribution in [1.29, 1.82) is 0 Å². The minimum Gasteiger partial charge on any atom is -0.462 e. The third-order valence-electron chi connectivity index (χ3n) is 10.00. The highest BCUT2D eigenvalue weighted by atomic mass is 16.6. The summed E-state index contributed by atoms with van der Waals surface area (Å²) in [6.07, 6.45) is 65.0. The summed E-state index contributed by atoms with van der Waals surface area (Å²) in [4.78, 5) is 37.9. The van der Waals surface area contributed by atoms with Crippen LogP contribution in [0.3, 0.4) is 0 Å². The number of unbranched alkanes of at least 4 members (excludes halogenated alkanes) is 20. The molecule has 6 nitrogen and oxygen atoms in total. The smallest absolute Gasteiger partial charge is 0.306 e. The second kappa shape index (κ2) is 48.7. The summed E-state index contributed by atoms with van der Waals surface area (Å²) in [5, 5.41) is 0. The summed E-state index contributed by atoms with van der Waals surface area (Å²) >= 11 is 0. The van der Waals surface area contributed by atoms with Crippen LogP contribution in [0.5, 0.6) is 0 Å². The number of carbonyl (C=O) groups excluding carboxylic acids is 3. The number of hydrogen-bond donors (Lipinski definition) is 0. The molecule has 0 aliphatic carbocycles. The number of rotatable bonds is 42. The first-order valence-corrected chi connectivity index (χ1v) is 24.5. The molecule has 0 rings (SSSR count). The Morgan fingerprint density at radius 1 is 0.344 bits per heavy atom. The van der Waals surface area contributed by atoms with Crippen molar-refractivity contribution < 1.29 is 28.6 Å². The largest absolute Gasteiger partial charge is 0.462 e. The monoisotopic (exact) mass is 845 g/mol. The average Bonchev–Trinajstić information content (AvgIpc) is 3.26. The Kier molecular flexibility index (Phi) is 45.6. The van der Waals surface area contributed by atoms with E-state index in [-0.39, 0.29) is 31.1 Å². The van der Waals surface area contributed by atoms with E-state index >= 15 is 0 Å². The topological polar surface area (TPSA) is 78.9 Å². The highest BCUT2D eigenvalue weighted by Gasteiger charge is 2.19. The Balaban J connectivity index is 4.53. The lowest BCUT2D eigenvalue weighted by Gasteiger charge is -2.18. The molecule has 1 unspecified atom stereocenters. The minimum atomic E-state index is -0.811. The van der Waals surface area contributed by atoms with Gasteiger partial charge in [0.05, 0.1) is 0 Å². The molecule has 0 N–H and O–H groups in total. The van der Waals surface area contributed by atoms with Crippen LogP contribution in [-0.2, 0) is 28.6 Å². The van der Waals surface area contributed by atoms with Crippen LogP contribution in [0, 0.1) is 0 Å². The van der Waals surface area contributed by atoms with E-state index in [1.165, 1.54) is 77.0 Å². The Labute approximate surface area is 374 Å². The molecular weight excluding hydrogens is 757 g/mol. The zero-order valence-corrected chi connectivity index (χ0v) is 39.1. The van der Waals surface area contributed by atoms with Crippen LogP contribution in [0.15, 0.2) is 109 Å². The third kappa shape index (κ3) is 47.0. The SMILES string of the molecule is CC/C=C/C=C/C=C/C=C/C=C/CCCCCC(=O)OCC(COC(=O)CCCCC/C=C/C=C/C=C/C=C/CC)OC(=O)CCCCCCCCCCCCCCCCC. The van der Waals surface area contributed by atoms with Gasteiger partial charge in [0.15, 0.2) is 6.10 Å². The van der Waals surface area contributed by atoms with Gasteiger partial charge >= 0.3 is 17.9 Å². The number of esters is 3. The summed E-state index contributed by atoms with van der Waals surface area (Å²) in [7, 11) is 0. The predicted octanol–water partition coefficient (Wildman–Crippen LogP) is 16.0. The van der Waals surface area contributed by atoms with Crippen molar-refractivity contribution in [2.24, 2.45) is 0 Å². The molecule has 1 atom stereocenters. The van der Waals surface area contributed by atoms with Crippen molar-refractivity contribution in [3.05, 3.63) is 109 Å². The summed E-state index contributed by atoms with van der Waals surface area (Å²) in [5.74, 6) is -0.996. The molecule has 0 spiro atoms. The number of hydrogen-bond acceptors (Lipinski definition) is 6. The molecule has 6 heteroatoms. The van der Waals surface area contributed by atoms with Gasteiger partial charge < -0.3 is 14.2 Å². The molecule has 0 aromatic carbocycles. The molecule has 61 heavy (non-hydrogen) atoms. The first kappa shape index (κ1) is 57.1. The van der Waals surface area contributed by atoms with Crippen molar-refractivity contribution in [1.82, 2.24) is 0 Å². The normalized spacial score (nSPS) is 13.0. The molecule has 0 heterocycles. The van der Waals surface area contributed by atoms with Crippen molar-refractivity contribution >= 4 is 17.9 Å². The van der Waals surface area contributed by atoms with Gasteiger partial charge in [-0.05, 0) is 57.8 Å². The summed E-state index contributed by atoms with van der Waals surface area (Å²) in [5.41, 5.74) is 0. The van der Waals surface area contributed by atoms with Gasteiger partial charge in [-0.2, -0.15) is 0 Å². The highest BCUT2D eigenvalue weighted by Crippen LogP contribution is 2.15. The second-order valence-electron chi connectivity index (χ2n) is 15.8. The molecule has 344 valence electrons. The van der Waals surface area contributed by atoms with Crippen molar-refractivity contribution in [2.75, 3.05) is 13.2 Å². The average molecular weight is 845 g/mol. The van der Waals surface area contributed by atoms with Crippen molar-refractivity contribution in [2.45, 2.75) is 207 Å². The van der Waals surface area contributed by atoms with Gasteiger partial charge in [-0.25, -0.2) is 0 Å². The van der Waals surface area contributed by atoms with Crippen LogP contribution in [0.2, 0.25) is 0 Å². The third-order valence-corrected chi connectivity index (χ3v) is 10.00. The quantitative estimate of drug-likeness (QED) is 0.0264. The fourth-order valence-electron chi connectivity index (χ4n) is 6.35. The van der Waals surface area contributed by atoms with E-state index in [9.17, 15) is 14.4 Å². The molecule has 0 aromatic rings. The van der Waals surface area contributed by atoms with Gasteiger partial charge in [-0.1, -0.05) is 233 Å².